The van der Waals surface area contributed by atoms with Crippen molar-refractivity contribution in [3.05, 3.63) is 95.1 Å². The van der Waals surface area contributed by atoms with Gasteiger partial charge in [-0.3, -0.25) is 4.79 Å². The number of allylic oxidation sites excluding steroid dienone is 3. The zero-order valence-electron chi connectivity index (χ0n) is 17.6. The van der Waals surface area contributed by atoms with E-state index in [4.69, 9.17) is 0 Å². The molecule has 0 radical (unpaired) electrons. The first-order valence-electron chi connectivity index (χ1n) is 10.0. The minimum Gasteiger partial charge on any atom is -0.360 e. The Hall–Kier alpha value is -3.82. The molecule has 0 saturated carbocycles. The molecule has 34 heavy (non-hydrogen) atoms. The van der Waals surface area contributed by atoms with Crippen LogP contribution in [0, 0.1) is 0 Å². The molecule has 176 valence electrons. The maximum atomic E-state index is 12.9. The van der Waals surface area contributed by atoms with Crippen LogP contribution in [0.3, 0.4) is 0 Å². The molecular weight excluding hydrogens is 460 g/mol. The zero-order valence-corrected chi connectivity index (χ0v) is 17.6. The van der Waals surface area contributed by atoms with Crippen LogP contribution in [0.1, 0.15) is 29.2 Å². The van der Waals surface area contributed by atoms with Gasteiger partial charge in [0.25, 0.3) is 5.91 Å². The van der Waals surface area contributed by atoms with Crippen molar-refractivity contribution < 1.29 is 31.1 Å². The summed E-state index contributed by atoms with van der Waals surface area (Å²) in [6, 6.07) is 8.93. The van der Waals surface area contributed by atoms with Crippen LogP contribution in [0.15, 0.2) is 77.9 Å². The summed E-state index contributed by atoms with van der Waals surface area (Å²) in [7, 11) is 0. The van der Waals surface area contributed by atoms with Crippen molar-refractivity contribution >= 4 is 22.9 Å². The zero-order chi connectivity index (χ0) is 24.7. The van der Waals surface area contributed by atoms with Gasteiger partial charge in [-0.1, -0.05) is 30.3 Å². The quantitative estimate of drug-likeness (QED) is 0.552. The average molecular weight is 477 g/mol. The van der Waals surface area contributed by atoms with Crippen molar-refractivity contribution in [1.82, 2.24) is 10.3 Å². The number of carbonyl (C=O) groups is 1. The number of alkyl halides is 6. The summed E-state index contributed by atoms with van der Waals surface area (Å²) in [6.45, 7) is 1.66. The first-order valence-corrected chi connectivity index (χ1v) is 10.0. The number of hydrazone groups is 1. The molecule has 0 aromatic heterocycles. The van der Waals surface area contributed by atoms with Gasteiger partial charge in [-0.25, -0.2) is 5.01 Å². The lowest BCUT2D eigenvalue weighted by molar-refractivity contribution is -0.138. The Bertz CT molecular complexity index is 1220. The molecule has 0 fully saturated rings. The first-order chi connectivity index (χ1) is 15.9. The number of hydrogen-bond acceptors (Lipinski definition) is 3. The number of amides is 1. The number of benzene rings is 2. The normalized spacial score (nSPS) is 21.3. The smallest absolute Gasteiger partial charge is 0.360 e. The number of carbonyl (C=O) groups excluding carboxylic acids is 1. The van der Waals surface area contributed by atoms with E-state index in [0.29, 0.717) is 28.1 Å². The molecule has 4 nitrogen and oxygen atoms in total. The third kappa shape index (κ3) is 4.90. The van der Waals surface area contributed by atoms with Crippen LogP contribution in [-0.2, 0) is 17.1 Å². The van der Waals surface area contributed by atoms with Crippen molar-refractivity contribution in [1.29, 1.82) is 0 Å². The lowest BCUT2D eigenvalue weighted by atomic mass is 10.0. The molecule has 2 aromatic rings. The van der Waals surface area contributed by atoms with E-state index >= 15 is 0 Å². The van der Waals surface area contributed by atoms with Gasteiger partial charge in [0.15, 0.2) is 0 Å². The van der Waals surface area contributed by atoms with E-state index < -0.39 is 35.6 Å². The van der Waals surface area contributed by atoms with E-state index in [2.05, 4.69) is 10.4 Å². The Morgan fingerprint density at radius 3 is 1.88 bits per heavy atom. The Morgan fingerprint density at radius 2 is 1.35 bits per heavy atom. The average Bonchev–Trinajstić information content (AvgIpc) is 2.76. The van der Waals surface area contributed by atoms with Crippen molar-refractivity contribution in [2.75, 3.05) is 0 Å². The van der Waals surface area contributed by atoms with Gasteiger partial charge >= 0.3 is 12.4 Å². The van der Waals surface area contributed by atoms with Crippen molar-refractivity contribution in [2.45, 2.75) is 25.4 Å². The van der Waals surface area contributed by atoms with Gasteiger partial charge in [-0.2, -0.15) is 31.4 Å². The van der Waals surface area contributed by atoms with E-state index in [1.54, 1.807) is 25.2 Å². The Kier molecular flexibility index (Phi) is 5.84. The van der Waals surface area contributed by atoms with Gasteiger partial charge in [-0.05, 0) is 60.0 Å². The van der Waals surface area contributed by atoms with Crippen LogP contribution in [-0.4, -0.2) is 22.8 Å². The van der Waals surface area contributed by atoms with E-state index in [0.717, 1.165) is 29.3 Å². The van der Waals surface area contributed by atoms with Crippen LogP contribution >= 0.6 is 0 Å². The second kappa shape index (κ2) is 8.51. The minimum atomic E-state index is -4.49. The molecule has 2 aromatic carbocycles. The molecule has 0 saturated heterocycles. The molecule has 1 N–H and O–H groups in total. The fourth-order valence-electron chi connectivity index (χ4n) is 3.50. The number of rotatable bonds is 2. The Morgan fingerprint density at radius 1 is 0.824 bits per heavy atom. The predicted molar refractivity (Wildman–Crippen MR) is 115 cm³/mol. The van der Waals surface area contributed by atoms with Gasteiger partial charge in [0.05, 0.1) is 16.8 Å². The summed E-state index contributed by atoms with van der Waals surface area (Å²) in [5.74, 6) is -0.503. The van der Waals surface area contributed by atoms with Gasteiger partial charge in [-0.15, -0.1) is 0 Å². The predicted octanol–water partition coefficient (Wildman–Crippen LogP) is 5.85. The fourth-order valence-corrected chi connectivity index (χ4v) is 3.50. The third-order valence-electron chi connectivity index (χ3n) is 5.24. The largest absolute Gasteiger partial charge is 0.416 e. The van der Waals surface area contributed by atoms with Crippen molar-refractivity contribution in [2.24, 2.45) is 5.10 Å². The molecule has 1 unspecified atom stereocenters. The van der Waals surface area contributed by atoms with Crippen molar-refractivity contribution in [3.8, 4) is 0 Å². The highest BCUT2D eigenvalue weighted by molar-refractivity contribution is 6.01. The molecule has 2 aliphatic rings. The summed E-state index contributed by atoms with van der Waals surface area (Å²) in [5.41, 5.74) is 0.546. The van der Waals surface area contributed by atoms with Gasteiger partial charge in [0.2, 0.25) is 0 Å². The Balaban J connectivity index is 1.69. The summed E-state index contributed by atoms with van der Waals surface area (Å²) >= 11 is 0. The van der Waals surface area contributed by atoms with E-state index in [1.165, 1.54) is 30.3 Å². The fraction of sp³-hybridized carbons (Fsp3) is 0.167. The van der Waals surface area contributed by atoms with Crippen LogP contribution in [0.4, 0.5) is 26.3 Å². The summed E-state index contributed by atoms with van der Waals surface area (Å²) in [6.07, 6.45) is -3.65. The maximum absolute atomic E-state index is 12.9. The highest BCUT2D eigenvalue weighted by atomic mass is 19.4. The number of nitrogens with zero attached hydrogens (tertiary/aromatic N) is 2. The molecule has 1 amide bonds. The minimum absolute atomic E-state index is 0.292. The molecule has 0 bridgehead atoms. The van der Waals surface area contributed by atoms with Crippen LogP contribution < -0.4 is 5.32 Å². The molecule has 4 rings (SSSR count). The molecule has 10 heteroatoms. The van der Waals surface area contributed by atoms with Crippen LogP contribution in [0.2, 0.25) is 0 Å². The molecule has 2 heterocycles. The number of hydrogen-bond donors (Lipinski definition) is 1. The van der Waals surface area contributed by atoms with Crippen molar-refractivity contribution in [3.63, 3.8) is 0 Å². The van der Waals surface area contributed by atoms with E-state index in [1.807, 2.05) is 0 Å². The Labute approximate surface area is 190 Å². The molecule has 0 aliphatic carbocycles. The third-order valence-corrected chi connectivity index (χ3v) is 5.24. The highest BCUT2D eigenvalue weighted by Crippen LogP contribution is 2.32. The second-order valence-electron chi connectivity index (χ2n) is 7.68. The summed E-state index contributed by atoms with van der Waals surface area (Å²) < 4.78 is 77.4. The van der Waals surface area contributed by atoms with Gasteiger partial charge < -0.3 is 5.32 Å². The molecular formula is C24H17F6N3O. The molecule has 2 aliphatic heterocycles. The standard InChI is InChI=1S/C24H17F6N3O/c1-14-2-3-17(15-4-8-18(9-5-15)23(25,26)27)12-21-31-20(13-22(34)33(21)32-14)16-6-10-19(11-7-16)24(28,29)30/h2-13,21,31H,1H3/b3-2-,17-12?,32-14-. The maximum Gasteiger partial charge on any atom is 0.416 e. The molecule has 0 spiro atoms. The number of fused-ring (bicyclic) bond motifs is 1. The lowest BCUT2D eigenvalue weighted by Gasteiger charge is -2.33. The second-order valence-corrected chi connectivity index (χ2v) is 7.68. The van der Waals surface area contributed by atoms with Gasteiger partial charge in [0.1, 0.15) is 6.17 Å². The van der Waals surface area contributed by atoms with Gasteiger partial charge in [0, 0.05) is 11.8 Å². The van der Waals surface area contributed by atoms with E-state index in [-0.39, 0.29) is 0 Å². The van der Waals surface area contributed by atoms with Crippen LogP contribution in [0.5, 0.6) is 0 Å². The highest BCUT2D eigenvalue weighted by Gasteiger charge is 2.32. The van der Waals surface area contributed by atoms with Crippen LogP contribution in [0.25, 0.3) is 11.3 Å². The van der Waals surface area contributed by atoms with E-state index in [9.17, 15) is 31.1 Å². The number of halogens is 6. The first kappa shape index (κ1) is 23.3. The SMILES string of the molecule is CC1=N/N2C(=O)C=C(c3ccc(C(F)(F)F)cc3)NC2C=C(c2ccc(C(F)(F)F)cc2)/C=C\1. The monoisotopic (exact) mass is 477 g/mol. The lowest BCUT2D eigenvalue weighted by Crippen LogP contribution is -2.47. The topological polar surface area (TPSA) is 44.7 Å². The molecule has 1 atom stereocenters. The summed E-state index contributed by atoms with van der Waals surface area (Å²) in [4.78, 5) is 12.8. The summed E-state index contributed by atoms with van der Waals surface area (Å²) in [5, 5.41) is 8.49. The number of nitrogens with one attached hydrogen (secondary N) is 1.